The Kier molecular flexibility index (Phi) is 5.00. The first-order valence-corrected chi connectivity index (χ1v) is 7.31. The van der Waals surface area contributed by atoms with Gasteiger partial charge in [0.2, 0.25) is 5.91 Å². The fraction of sp³-hybridized carbons (Fsp3) is 0.462. The van der Waals surface area contributed by atoms with Crippen LogP contribution < -0.4 is 5.32 Å². The number of nitrogens with zero attached hydrogens (tertiary/aromatic N) is 1. The number of hydrogen-bond donors (Lipinski definition) is 2. The Balaban J connectivity index is 1.84. The van der Waals surface area contributed by atoms with Crippen molar-refractivity contribution in [3.63, 3.8) is 0 Å². The van der Waals surface area contributed by atoms with Gasteiger partial charge in [-0.2, -0.15) is 0 Å². The topological polar surface area (TPSA) is 99.9 Å². The number of likely N-dealkylation sites (tertiary alicyclic amines) is 1. The second kappa shape index (κ2) is 6.75. The van der Waals surface area contributed by atoms with E-state index in [0.717, 1.165) is 0 Å². The van der Waals surface area contributed by atoms with E-state index in [4.69, 9.17) is 9.52 Å². The van der Waals surface area contributed by atoms with Gasteiger partial charge in [0.1, 0.15) is 0 Å². The summed E-state index contributed by atoms with van der Waals surface area (Å²) in [5, 5.41) is 11.4. The maximum Gasteiger partial charge on any atom is 0.308 e. The van der Waals surface area contributed by atoms with Crippen molar-refractivity contribution in [3.05, 3.63) is 22.6 Å². The summed E-state index contributed by atoms with van der Waals surface area (Å²) in [6.45, 7) is 0.532. The van der Waals surface area contributed by atoms with Gasteiger partial charge >= 0.3 is 5.97 Å². The van der Waals surface area contributed by atoms with E-state index in [1.807, 2.05) is 0 Å². The van der Waals surface area contributed by atoms with E-state index in [1.54, 1.807) is 6.07 Å². The van der Waals surface area contributed by atoms with Crippen molar-refractivity contribution in [3.8, 4) is 0 Å². The standard InChI is InChI=1S/C13H15BrN2O5/c14-10-4-3-9(21-10)12(18)15-6-11(17)16-5-1-2-8(7-16)13(19)20/h3-4,8H,1-2,5-7H2,(H,15,18)(H,19,20)/t8-/m0/s1. The molecule has 114 valence electrons. The second-order valence-electron chi connectivity index (χ2n) is 4.80. The molecular weight excluding hydrogens is 344 g/mol. The third-order valence-corrected chi connectivity index (χ3v) is 3.75. The van der Waals surface area contributed by atoms with Crippen molar-refractivity contribution in [2.24, 2.45) is 5.92 Å². The molecule has 0 aliphatic carbocycles. The van der Waals surface area contributed by atoms with E-state index >= 15 is 0 Å². The van der Waals surface area contributed by atoms with Crippen LogP contribution in [-0.2, 0) is 9.59 Å². The van der Waals surface area contributed by atoms with Crippen LogP contribution in [0, 0.1) is 5.92 Å². The Labute approximate surface area is 129 Å². The summed E-state index contributed by atoms with van der Waals surface area (Å²) in [7, 11) is 0. The molecule has 2 rings (SSSR count). The van der Waals surface area contributed by atoms with Crippen LogP contribution in [0.4, 0.5) is 0 Å². The summed E-state index contributed by atoms with van der Waals surface area (Å²) >= 11 is 3.09. The zero-order valence-corrected chi connectivity index (χ0v) is 12.8. The van der Waals surface area contributed by atoms with Crippen LogP contribution in [0.5, 0.6) is 0 Å². The number of carbonyl (C=O) groups excluding carboxylic acids is 2. The predicted molar refractivity (Wildman–Crippen MR) is 75.7 cm³/mol. The van der Waals surface area contributed by atoms with Crippen molar-refractivity contribution < 1.29 is 23.9 Å². The molecule has 7 nitrogen and oxygen atoms in total. The van der Waals surface area contributed by atoms with Gasteiger partial charge in [-0.25, -0.2) is 0 Å². The molecule has 0 radical (unpaired) electrons. The Hall–Kier alpha value is -1.83. The van der Waals surface area contributed by atoms with Crippen LogP contribution in [0.2, 0.25) is 0 Å². The second-order valence-corrected chi connectivity index (χ2v) is 5.59. The average Bonchev–Trinajstić information content (AvgIpc) is 2.91. The van der Waals surface area contributed by atoms with E-state index in [9.17, 15) is 14.4 Å². The molecule has 0 unspecified atom stereocenters. The summed E-state index contributed by atoms with van der Waals surface area (Å²) < 4.78 is 5.50. The maximum absolute atomic E-state index is 12.0. The average molecular weight is 359 g/mol. The zero-order valence-electron chi connectivity index (χ0n) is 11.2. The van der Waals surface area contributed by atoms with Crippen molar-refractivity contribution in [1.29, 1.82) is 0 Å². The number of nitrogens with one attached hydrogen (secondary N) is 1. The molecule has 1 fully saturated rings. The molecule has 0 aromatic carbocycles. The number of carbonyl (C=O) groups is 3. The third-order valence-electron chi connectivity index (χ3n) is 3.32. The Bertz CT molecular complexity index is 557. The normalized spacial score (nSPS) is 18.3. The van der Waals surface area contributed by atoms with Gasteiger partial charge in [0.15, 0.2) is 10.4 Å². The molecule has 1 aliphatic rings. The van der Waals surface area contributed by atoms with Crippen LogP contribution in [0.25, 0.3) is 0 Å². The smallest absolute Gasteiger partial charge is 0.308 e. The molecule has 0 bridgehead atoms. The Morgan fingerprint density at radius 2 is 2.19 bits per heavy atom. The lowest BCUT2D eigenvalue weighted by Crippen LogP contribution is -2.46. The molecule has 0 saturated carbocycles. The molecular formula is C13H15BrN2O5. The number of rotatable bonds is 4. The number of piperidine rings is 1. The van der Waals surface area contributed by atoms with Gasteiger partial charge in [0, 0.05) is 13.1 Å². The highest BCUT2D eigenvalue weighted by Crippen LogP contribution is 2.17. The van der Waals surface area contributed by atoms with E-state index in [0.29, 0.717) is 24.1 Å². The summed E-state index contributed by atoms with van der Waals surface area (Å²) in [6, 6.07) is 3.07. The summed E-state index contributed by atoms with van der Waals surface area (Å²) in [5.41, 5.74) is 0. The van der Waals surface area contributed by atoms with Crippen molar-refractivity contribution in [2.75, 3.05) is 19.6 Å². The van der Waals surface area contributed by atoms with Gasteiger partial charge in [-0.15, -0.1) is 0 Å². The highest BCUT2D eigenvalue weighted by molar-refractivity contribution is 9.10. The minimum Gasteiger partial charge on any atom is -0.481 e. The first-order valence-electron chi connectivity index (χ1n) is 6.51. The van der Waals surface area contributed by atoms with Crippen LogP contribution >= 0.6 is 15.9 Å². The summed E-state index contributed by atoms with van der Waals surface area (Å²) in [4.78, 5) is 36.1. The maximum atomic E-state index is 12.0. The van der Waals surface area contributed by atoms with Crippen LogP contribution in [0.15, 0.2) is 21.2 Å². The van der Waals surface area contributed by atoms with Gasteiger partial charge < -0.3 is 19.7 Å². The molecule has 21 heavy (non-hydrogen) atoms. The fourth-order valence-electron chi connectivity index (χ4n) is 2.20. The molecule has 1 aliphatic heterocycles. The van der Waals surface area contributed by atoms with Crippen LogP contribution in [-0.4, -0.2) is 47.4 Å². The zero-order chi connectivity index (χ0) is 15.4. The van der Waals surface area contributed by atoms with Crippen LogP contribution in [0.1, 0.15) is 23.4 Å². The van der Waals surface area contributed by atoms with E-state index < -0.39 is 17.8 Å². The van der Waals surface area contributed by atoms with Crippen molar-refractivity contribution in [1.82, 2.24) is 10.2 Å². The van der Waals surface area contributed by atoms with Crippen LogP contribution in [0.3, 0.4) is 0 Å². The SMILES string of the molecule is O=C(NCC(=O)N1CCC[C@H](C(=O)O)C1)c1ccc(Br)o1. The lowest BCUT2D eigenvalue weighted by Gasteiger charge is -2.30. The lowest BCUT2D eigenvalue weighted by molar-refractivity contribution is -0.145. The molecule has 1 saturated heterocycles. The number of halogens is 1. The Morgan fingerprint density at radius 3 is 2.81 bits per heavy atom. The third kappa shape index (κ3) is 4.07. The van der Waals surface area contributed by atoms with Gasteiger partial charge in [-0.3, -0.25) is 14.4 Å². The minimum atomic E-state index is -0.892. The molecule has 0 spiro atoms. The molecule has 1 aromatic rings. The Morgan fingerprint density at radius 1 is 1.43 bits per heavy atom. The molecule has 1 atom stereocenters. The highest BCUT2D eigenvalue weighted by atomic mass is 79.9. The first-order chi connectivity index (χ1) is 9.97. The van der Waals surface area contributed by atoms with E-state index in [-0.39, 0.29) is 24.8 Å². The van der Waals surface area contributed by atoms with E-state index in [2.05, 4.69) is 21.2 Å². The number of carboxylic acid groups (broad SMARTS) is 1. The predicted octanol–water partition coefficient (Wildman–Crippen LogP) is 1.10. The molecule has 8 heteroatoms. The molecule has 1 aromatic heterocycles. The molecule has 2 amide bonds. The quantitative estimate of drug-likeness (QED) is 0.839. The number of aliphatic carboxylic acids is 1. The lowest BCUT2D eigenvalue weighted by atomic mass is 9.98. The van der Waals surface area contributed by atoms with Gasteiger partial charge in [0.25, 0.3) is 5.91 Å². The monoisotopic (exact) mass is 358 g/mol. The van der Waals surface area contributed by atoms with E-state index in [1.165, 1.54) is 11.0 Å². The molecule has 2 heterocycles. The molecule has 2 N–H and O–H groups in total. The number of carboxylic acids is 1. The largest absolute Gasteiger partial charge is 0.481 e. The number of furan rings is 1. The highest BCUT2D eigenvalue weighted by Gasteiger charge is 2.28. The minimum absolute atomic E-state index is 0.108. The van der Waals surface area contributed by atoms with Crippen molar-refractivity contribution in [2.45, 2.75) is 12.8 Å². The summed E-state index contributed by atoms with van der Waals surface area (Å²) in [5.74, 6) is -2.09. The van der Waals surface area contributed by atoms with Gasteiger partial charge in [-0.05, 0) is 40.9 Å². The fourth-order valence-corrected chi connectivity index (χ4v) is 2.50. The number of hydrogen-bond acceptors (Lipinski definition) is 4. The first kappa shape index (κ1) is 15.6. The number of amides is 2. The van der Waals surface area contributed by atoms with Gasteiger partial charge in [-0.1, -0.05) is 0 Å². The van der Waals surface area contributed by atoms with Gasteiger partial charge in [0.05, 0.1) is 12.5 Å². The summed E-state index contributed by atoms with van der Waals surface area (Å²) in [6.07, 6.45) is 1.23. The van der Waals surface area contributed by atoms with Crippen molar-refractivity contribution >= 4 is 33.7 Å².